The van der Waals surface area contributed by atoms with Gasteiger partial charge in [-0.05, 0) is 44.0 Å². The summed E-state index contributed by atoms with van der Waals surface area (Å²) in [7, 11) is 0. The van der Waals surface area contributed by atoms with E-state index < -0.39 is 5.97 Å². The first-order valence-corrected chi connectivity index (χ1v) is 9.98. The molecule has 1 aliphatic rings. The second-order valence-electron chi connectivity index (χ2n) is 6.80. The average molecular weight is 439 g/mol. The summed E-state index contributed by atoms with van der Waals surface area (Å²) in [5.74, 6) is 0.876. The maximum atomic E-state index is 12.9. The number of anilines is 1. The molecule has 0 unspecified atom stereocenters. The van der Waals surface area contributed by atoms with E-state index in [1.807, 2.05) is 4.90 Å². The zero-order valence-corrected chi connectivity index (χ0v) is 17.6. The van der Waals surface area contributed by atoms with Gasteiger partial charge < -0.3 is 26.2 Å². The summed E-state index contributed by atoms with van der Waals surface area (Å²) in [6.45, 7) is 3.33. The van der Waals surface area contributed by atoms with Crippen LogP contribution in [0.4, 0.5) is 5.95 Å². The Morgan fingerprint density at radius 1 is 1.37 bits per heavy atom. The first kappa shape index (κ1) is 23.4. The van der Waals surface area contributed by atoms with E-state index in [2.05, 4.69) is 15.2 Å². The lowest BCUT2D eigenvalue weighted by Crippen LogP contribution is -2.38. The second-order valence-corrected chi connectivity index (χ2v) is 7.23. The van der Waals surface area contributed by atoms with Crippen LogP contribution in [0.25, 0.3) is 0 Å². The van der Waals surface area contributed by atoms with Crippen LogP contribution in [0, 0.1) is 0 Å². The number of halogens is 1. The average Bonchev–Trinajstić information content (AvgIpc) is 3.14. The normalized spacial score (nSPS) is 14.0. The molecule has 6 N–H and O–H groups in total. The minimum Gasteiger partial charge on any atom is -0.493 e. The third-order valence-electron chi connectivity index (χ3n) is 4.47. The molecule has 0 aliphatic carbocycles. The lowest BCUT2D eigenvalue weighted by Gasteiger charge is -2.31. The molecule has 3 rings (SSSR count). The van der Waals surface area contributed by atoms with Crippen molar-refractivity contribution < 1.29 is 19.4 Å². The van der Waals surface area contributed by atoms with E-state index in [1.54, 1.807) is 18.2 Å². The number of carboxylic acid groups (broad SMARTS) is 1. The zero-order chi connectivity index (χ0) is 22.1. The smallest absolute Gasteiger partial charge is 0.300 e. The van der Waals surface area contributed by atoms with Crippen molar-refractivity contribution in [3.63, 3.8) is 0 Å². The molecule has 1 amide bonds. The van der Waals surface area contributed by atoms with Gasteiger partial charge in [-0.2, -0.15) is 4.98 Å². The molecule has 164 valence electrons. The van der Waals surface area contributed by atoms with Gasteiger partial charge in [0.1, 0.15) is 11.6 Å². The van der Waals surface area contributed by atoms with E-state index in [0.29, 0.717) is 49.0 Å². The molecule has 1 saturated heterocycles. The molecule has 1 aromatic heterocycles. The Bertz CT molecular complexity index is 847. The molecule has 2 aromatic rings. The summed E-state index contributed by atoms with van der Waals surface area (Å²) in [6.07, 6.45) is 2.32. The molecule has 1 fully saturated rings. The number of carbonyl (C=O) groups excluding carboxylic acids is 1. The van der Waals surface area contributed by atoms with Crippen LogP contribution in [-0.4, -0.2) is 63.3 Å². The number of amides is 1. The zero-order valence-electron chi connectivity index (χ0n) is 16.8. The van der Waals surface area contributed by atoms with Crippen LogP contribution >= 0.6 is 11.6 Å². The fourth-order valence-electron chi connectivity index (χ4n) is 3.05. The predicted molar refractivity (Wildman–Crippen MR) is 113 cm³/mol. The number of nitrogens with two attached hydrogens (primary N) is 2. The largest absolute Gasteiger partial charge is 0.493 e. The van der Waals surface area contributed by atoms with Gasteiger partial charge in [0.05, 0.1) is 12.2 Å². The van der Waals surface area contributed by atoms with Crippen LogP contribution in [0.15, 0.2) is 18.2 Å². The minimum atomic E-state index is -0.833. The lowest BCUT2D eigenvalue weighted by molar-refractivity contribution is -0.134. The van der Waals surface area contributed by atoms with Gasteiger partial charge in [-0.1, -0.05) is 11.6 Å². The van der Waals surface area contributed by atoms with E-state index >= 15 is 0 Å². The highest BCUT2D eigenvalue weighted by molar-refractivity contribution is 6.30. The van der Waals surface area contributed by atoms with E-state index in [0.717, 1.165) is 25.6 Å². The molecule has 10 nitrogen and oxygen atoms in total. The highest BCUT2D eigenvalue weighted by Gasteiger charge is 2.28. The molecule has 1 aromatic carbocycles. The van der Waals surface area contributed by atoms with Crippen molar-refractivity contribution in [3.8, 4) is 5.75 Å². The van der Waals surface area contributed by atoms with E-state index in [-0.39, 0.29) is 17.8 Å². The first-order valence-electron chi connectivity index (χ1n) is 9.60. The van der Waals surface area contributed by atoms with E-state index in [1.165, 1.54) is 0 Å². The molecular formula is C19H27ClN6O4. The number of ether oxygens (including phenoxy) is 1. The Kier molecular flexibility index (Phi) is 8.88. The number of carboxylic acids is 1. The van der Waals surface area contributed by atoms with Gasteiger partial charge in [-0.3, -0.25) is 14.7 Å². The molecule has 2 heterocycles. The molecule has 0 bridgehead atoms. The van der Waals surface area contributed by atoms with Gasteiger partial charge in [-0.15, -0.1) is 5.10 Å². The van der Waals surface area contributed by atoms with Crippen molar-refractivity contribution in [1.29, 1.82) is 0 Å². The topological polar surface area (TPSA) is 160 Å². The number of carbonyl (C=O) groups is 2. The standard InChI is InChI=1S/C17H23ClN6O2.C2H4O2/c18-12-2-3-13(14(10-12)26-9-1-6-19)16(25)24-7-4-11(5-8-24)15-21-17(20)23-22-15;1-2(3)4/h2-3,10-11H,1,4-9,19H2,(H3,20,21,22,23);1H3,(H,3,4). The van der Waals surface area contributed by atoms with Crippen LogP contribution in [0.2, 0.25) is 5.02 Å². The quantitative estimate of drug-likeness (QED) is 0.497. The number of nitrogens with one attached hydrogen (secondary N) is 1. The number of benzene rings is 1. The number of likely N-dealkylation sites (tertiary alicyclic amines) is 1. The molecule has 30 heavy (non-hydrogen) atoms. The van der Waals surface area contributed by atoms with Crippen LogP contribution in [-0.2, 0) is 4.79 Å². The first-order chi connectivity index (χ1) is 14.3. The number of aromatic amines is 1. The summed E-state index contributed by atoms with van der Waals surface area (Å²) < 4.78 is 5.71. The summed E-state index contributed by atoms with van der Waals surface area (Å²) >= 11 is 6.05. The number of H-pyrrole nitrogens is 1. The SMILES string of the molecule is CC(=O)O.NCCCOc1cc(Cl)ccc1C(=O)N1CCC(c2nc(N)n[nH]2)CC1. The molecule has 0 atom stereocenters. The maximum absolute atomic E-state index is 12.9. The number of nitrogens with zero attached hydrogens (tertiary/aromatic N) is 3. The predicted octanol–water partition coefficient (Wildman–Crippen LogP) is 1.88. The number of nitrogen functional groups attached to an aromatic ring is 1. The molecule has 0 spiro atoms. The summed E-state index contributed by atoms with van der Waals surface area (Å²) in [5.41, 5.74) is 11.6. The third-order valence-corrected chi connectivity index (χ3v) is 4.70. The number of aromatic nitrogens is 3. The summed E-state index contributed by atoms with van der Waals surface area (Å²) in [4.78, 5) is 28.0. The Balaban J connectivity index is 0.000000735. The highest BCUT2D eigenvalue weighted by atomic mass is 35.5. The number of rotatable bonds is 6. The Labute approximate surface area is 179 Å². The number of piperidine rings is 1. The molecule has 0 radical (unpaired) electrons. The van der Waals surface area contributed by atoms with Crippen molar-refractivity contribution in [2.45, 2.75) is 32.1 Å². The number of hydrogen-bond acceptors (Lipinski definition) is 7. The minimum absolute atomic E-state index is 0.0556. The second kappa shape index (κ2) is 11.4. The van der Waals surface area contributed by atoms with Crippen molar-refractivity contribution in [1.82, 2.24) is 20.1 Å². The van der Waals surface area contributed by atoms with E-state index in [9.17, 15) is 4.79 Å². The van der Waals surface area contributed by atoms with Gasteiger partial charge in [0.15, 0.2) is 0 Å². The fourth-order valence-corrected chi connectivity index (χ4v) is 3.22. The Morgan fingerprint density at radius 3 is 2.60 bits per heavy atom. The summed E-state index contributed by atoms with van der Waals surface area (Å²) in [6, 6.07) is 5.09. The van der Waals surface area contributed by atoms with Crippen molar-refractivity contribution in [2.24, 2.45) is 5.73 Å². The number of aliphatic carboxylic acids is 1. The van der Waals surface area contributed by atoms with Gasteiger partial charge in [-0.25, -0.2) is 0 Å². The molecule has 11 heteroatoms. The summed E-state index contributed by atoms with van der Waals surface area (Å²) in [5, 5.41) is 14.7. The Hall–Kier alpha value is -2.85. The Morgan fingerprint density at radius 2 is 2.03 bits per heavy atom. The molecule has 1 aliphatic heterocycles. The van der Waals surface area contributed by atoms with Crippen LogP contribution in [0.3, 0.4) is 0 Å². The van der Waals surface area contributed by atoms with Gasteiger partial charge >= 0.3 is 0 Å². The molecular weight excluding hydrogens is 412 g/mol. The molecule has 0 saturated carbocycles. The fraction of sp³-hybridized carbons (Fsp3) is 0.474. The van der Waals surface area contributed by atoms with Crippen LogP contribution < -0.4 is 16.2 Å². The van der Waals surface area contributed by atoms with Gasteiger partial charge in [0, 0.05) is 31.0 Å². The lowest BCUT2D eigenvalue weighted by atomic mass is 9.95. The van der Waals surface area contributed by atoms with Crippen molar-refractivity contribution >= 4 is 29.4 Å². The van der Waals surface area contributed by atoms with Crippen LogP contribution in [0.5, 0.6) is 5.75 Å². The maximum Gasteiger partial charge on any atom is 0.300 e. The van der Waals surface area contributed by atoms with Crippen molar-refractivity contribution in [3.05, 3.63) is 34.6 Å². The van der Waals surface area contributed by atoms with Gasteiger partial charge in [0.2, 0.25) is 5.95 Å². The third kappa shape index (κ3) is 6.89. The van der Waals surface area contributed by atoms with Crippen molar-refractivity contribution in [2.75, 3.05) is 32.0 Å². The number of hydrogen-bond donors (Lipinski definition) is 4. The van der Waals surface area contributed by atoms with E-state index in [4.69, 9.17) is 37.7 Å². The monoisotopic (exact) mass is 438 g/mol. The van der Waals surface area contributed by atoms with Gasteiger partial charge in [0.25, 0.3) is 11.9 Å². The van der Waals surface area contributed by atoms with Crippen LogP contribution in [0.1, 0.15) is 48.3 Å². The highest BCUT2D eigenvalue weighted by Crippen LogP contribution is 2.29.